The largest absolute Gasteiger partial charge is 0.497 e. The Kier molecular flexibility index (Phi) is 7.82. The summed E-state index contributed by atoms with van der Waals surface area (Å²) in [7, 11) is -0.138. The summed E-state index contributed by atoms with van der Waals surface area (Å²) in [6, 6.07) is 3.35. The molecule has 3 aliphatic rings. The van der Waals surface area contributed by atoms with Crippen LogP contribution >= 0.6 is 0 Å². The number of ether oxygens (including phenoxy) is 2. The van der Waals surface area contributed by atoms with Crippen molar-refractivity contribution in [2.45, 2.75) is 75.6 Å². The minimum absolute atomic E-state index is 0.0169. The number of aryl methyl sites for hydroxylation is 2. The summed E-state index contributed by atoms with van der Waals surface area (Å²) in [5, 5.41) is 0. The molecule has 0 N–H and O–H groups in total. The monoisotopic (exact) mass is 546 g/mol. The molecule has 5 rings (SSSR count). The van der Waals surface area contributed by atoms with Gasteiger partial charge in [-0.15, -0.1) is 0 Å². The number of likely N-dealkylation sites (N-methyl/N-ethyl adjacent to an activating group) is 1. The van der Waals surface area contributed by atoms with Gasteiger partial charge in [-0.05, 0) is 76.3 Å². The van der Waals surface area contributed by atoms with Crippen molar-refractivity contribution < 1.29 is 27.1 Å². The molecule has 0 bridgehead atoms. The van der Waals surface area contributed by atoms with Gasteiger partial charge in [0.15, 0.2) is 5.69 Å². The number of likely N-dealkylation sites (tertiary alicyclic amines) is 2. The van der Waals surface area contributed by atoms with Crippen LogP contribution in [0.5, 0.6) is 5.75 Å². The summed E-state index contributed by atoms with van der Waals surface area (Å²) in [5.74, 6) is 0.646. The van der Waals surface area contributed by atoms with Crippen LogP contribution in [0.4, 0.5) is 0 Å². The molecule has 1 atom stereocenters. The van der Waals surface area contributed by atoms with E-state index in [1.165, 1.54) is 10.6 Å². The number of aromatic nitrogens is 1. The third-order valence-electron chi connectivity index (χ3n) is 7.71. The van der Waals surface area contributed by atoms with Crippen LogP contribution in [0.1, 0.15) is 59.6 Å². The molecule has 3 fully saturated rings. The molecule has 1 unspecified atom stereocenters. The Morgan fingerprint density at radius 1 is 1.08 bits per heavy atom. The number of hydrogen-bond donors (Lipinski definition) is 0. The van der Waals surface area contributed by atoms with Gasteiger partial charge in [0.25, 0.3) is 5.91 Å². The summed E-state index contributed by atoms with van der Waals surface area (Å²) in [6.07, 6.45) is 6.02. The van der Waals surface area contributed by atoms with Gasteiger partial charge in [0, 0.05) is 32.2 Å². The average Bonchev–Trinajstić information content (AvgIpc) is 3.46. The van der Waals surface area contributed by atoms with E-state index in [9.17, 15) is 13.2 Å². The highest BCUT2D eigenvalue weighted by Crippen LogP contribution is 2.36. The number of piperidine rings is 1. The summed E-state index contributed by atoms with van der Waals surface area (Å²) in [4.78, 5) is 21.9. The van der Waals surface area contributed by atoms with E-state index in [-0.39, 0.29) is 47.2 Å². The molecule has 0 radical (unpaired) electrons. The zero-order valence-corrected chi connectivity index (χ0v) is 23.5. The average molecular weight is 547 g/mol. The van der Waals surface area contributed by atoms with Gasteiger partial charge in [0.1, 0.15) is 12.0 Å². The standard InChI is InChI=1S/C27H38N4O6S/c1-18-13-23(35-4)14-19(2)26(18)38(33,34)31(20-5-6-20)16-25-28-24(17-36-25)27(32)30-11-8-21(9-12-30)37-22-7-10-29(3)15-22/h13-14,17,20-22H,5-12,15-16H2,1-4H3. The van der Waals surface area contributed by atoms with Gasteiger partial charge in [0.05, 0.1) is 30.8 Å². The normalized spacial score (nSPS) is 21.4. The first-order valence-corrected chi connectivity index (χ1v) is 14.8. The zero-order valence-electron chi connectivity index (χ0n) is 22.7. The van der Waals surface area contributed by atoms with Gasteiger partial charge < -0.3 is 23.7 Å². The highest BCUT2D eigenvalue weighted by atomic mass is 32.2. The molecule has 38 heavy (non-hydrogen) atoms. The van der Waals surface area contributed by atoms with Gasteiger partial charge in [0.2, 0.25) is 15.9 Å². The van der Waals surface area contributed by atoms with E-state index in [4.69, 9.17) is 13.9 Å². The van der Waals surface area contributed by atoms with E-state index in [1.807, 2.05) is 0 Å². The molecule has 2 aliphatic heterocycles. The number of benzene rings is 1. The second-order valence-electron chi connectivity index (χ2n) is 10.8. The number of sulfonamides is 1. The lowest BCUT2D eigenvalue weighted by atomic mass is 10.1. The number of rotatable bonds is 9. The summed E-state index contributed by atoms with van der Waals surface area (Å²) < 4.78 is 46.1. The predicted octanol–water partition coefficient (Wildman–Crippen LogP) is 2.98. The molecule has 208 valence electrons. The van der Waals surface area contributed by atoms with Crippen LogP contribution in [-0.2, 0) is 21.3 Å². The van der Waals surface area contributed by atoms with E-state index >= 15 is 0 Å². The first-order chi connectivity index (χ1) is 18.2. The van der Waals surface area contributed by atoms with Crippen molar-refractivity contribution in [3.05, 3.63) is 41.1 Å². The molecular weight excluding hydrogens is 508 g/mol. The Labute approximate surface area is 224 Å². The lowest BCUT2D eigenvalue weighted by Gasteiger charge is -2.32. The predicted molar refractivity (Wildman–Crippen MR) is 141 cm³/mol. The van der Waals surface area contributed by atoms with E-state index in [1.54, 1.807) is 38.0 Å². The van der Waals surface area contributed by atoms with Crippen molar-refractivity contribution in [3.63, 3.8) is 0 Å². The summed E-state index contributed by atoms with van der Waals surface area (Å²) in [5.41, 5.74) is 1.47. The third kappa shape index (κ3) is 5.75. The van der Waals surface area contributed by atoms with Crippen LogP contribution in [0.3, 0.4) is 0 Å². The Morgan fingerprint density at radius 3 is 2.32 bits per heavy atom. The lowest BCUT2D eigenvalue weighted by Crippen LogP contribution is -2.42. The van der Waals surface area contributed by atoms with Gasteiger partial charge in [-0.1, -0.05) is 0 Å². The molecule has 1 aliphatic carbocycles. The van der Waals surface area contributed by atoms with Crippen molar-refractivity contribution in [2.75, 3.05) is 40.3 Å². The number of nitrogens with zero attached hydrogens (tertiary/aromatic N) is 4. The van der Waals surface area contributed by atoms with Gasteiger partial charge in [-0.3, -0.25) is 4.79 Å². The van der Waals surface area contributed by atoms with Crippen molar-refractivity contribution >= 4 is 15.9 Å². The number of carbonyl (C=O) groups excluding carboxylic acids is 1. The second-order valence-corrected chi connectivity index (χ2v) is 12.6. The van der Waals surface area contributed by atoms with E-state index < -0.39 is 10.0 Å². The number of methoxy groups -OCH3 is 1. The SMILES string of the molecule is COc1cc(C)c(S(=O)(=O)N(Cc2nc(C(=O)N3CCC(OC4CCN(C)C4)CC3)co2)C2CC2)c(C)c1. The molecule has 11 heteroatoms. The van der Waals surface area contributed by atoms with Crippen LogP contribution in [0.25, 0.3) is 0 Å². The number of oxazole rings is 1. The first kappa shape index (κ1) is 27.1. The van der Waals surface area contributed by atoms with E-state index in [0.717, 1.165) is 45.2 Å². The van der Waals surface area contributed by atoms with Crippen LogP contribution in [0.2, 0.25) is 0 Å². The van der Waals surface area contributed by atoms with Crippen molar-refractivity contribution in [3.8, 4) is 5.75 Å². The maximum absolute atomic E-state index is 13.7. The summed E-state index contributed by atoms with van der Waals surface area (Å²) >= 11 is 0. The molecular formula is C27H38N4O6S. The topological polar surface area (TPSA) is 105 Å². The Morgan fingerprint density at radius 2 is 1.74 bits per heavy atom. The Balaban J connectivity index is 1.23. The third-order valence-corrected chi connectivity index (χ3v) is 9.92. The molecule has 3 heterocycles. The number of amides is 1. The second kappa shape index (κ2) is 11.0. The number of carbonyl (C=O) groups is 1. The fraction of sp³-hybridized carbons (Fsp3) is 0.630. The molecule has 0 spiro atoms. The molecule has 2 saturated heterocycles. The minimum Gasteiger partial charge on any atom is -0.497 e. The highest BCUT2D eigenvalue weighted by molar-refractivity contribution is 7.89. The zero-order chi connectivity index (χ0) is 27.0. The molecule has 10 nitrogen and oxygen atoms in total. The maximum atomic E-state index is 13.7. The molecule has 1 saturated carbocycles. The molecule has 1 aromatic carbocycles. The smallest absolute Gasteiger partial charge is 0.275 e. The number of hydrogen-bond acceptors (Lipinski definition) is 8. The van der Waals surface area contributed by atoms with E-state index in [0.29, 0.717) is 30.0 Å². The quantitative estimate of drug-likeness (QED) is 0.473. The fourth-order valence-corrected chi connectivity index (χ4v) is 7.63. The molecule has 1 amide bonds. The van der Waals surface area contributed by atoms with Crippen LogP contribution in [-0.4, -0.2) is 92.0 Å². The lowest BCUT2D eigenvalue weighted by molar-refractivity contribution is -0.0335. The van der Waals surface area contributed by atoms with Crippen molar-refractivity contribution in [1.29, 1.82) is 0 Å². The summed E-state index contributed by atoms with van der Waals surface area (Å²) in [6.45, 7) is 6.77. The minimum atomic E-state index is -3.81. The van der Waals surface area contributed by atoms with Gasteiger partial charge in [-0.25, -0.2) is 13.4 Å². The maximum Gasteiger partial charge on any atom is 0.275 e. The van der Waals surface area contributed by atoms with Gasteiger partial charge in [-0.2, -0.15) is 4.31 Å². The van der Waals surface area contributed by atoms with E-state index in [2.05, 4.69) is 16.9 Å². The highest BCUT2D eigenvalue weighted by Gasteiger charge is 2.40. The van der Waals surface area contributed by atoms with Crippen LogP contribution in [0.15, 0.2) is 27.7 Å². The Hall–Kier alpha value is -2.47. The first-order valence-electron chi connectivity index (χ1n) is 13.4. The van der Waals surface area contributed by atoms with Gasteiger partial charge >= 0.3 is 0 Å². The fourth-order valence-electron chi connectivity index (χ4n) is 5.58. The Bertz CT molecular complexity index is 1240. The molecule has 2 aromatic rings. The van der Waals surface area contributed by atoms with Crippen LogP contribution < -0.4 is 4.74 Å². The van der Waals surface area contributed by atoms with Crippen molar-refractivity contribution in [2.24, 2.45) is 0 Å². The van der Waals surface area contributed by atoms with Crippen LogP contribution in [0, 0.1) is 13.8 Å². The van der Waals surface area contributed by atoms with Crippen molar-refractivity contribution in [1.82, 2.24) is 19.1 Å². The molecule has 1 aromatic heterocycles.